The van der Waals surface area contributed by atoms with Gasteiger partial charge in [0.2, 0.25) is 0 Å². The van der Waals surface area contributed by atoms with Crippen LogP contribution in [0.15, 0.2) is 60.9 Å². The van der Waals surface area contributed by atoms with Gasteiger partial charge in [0.05, 0.1) is 10.7 Å². The summed E-state index contributed by atoms with van der Waals surface area (Å²) in [6, 6.07) is 14.6. The van der Waals surface area contributed by atoms with E-state index < -0.39 is 17.6 Å². The smallest absolute Gasteiger partial charge is 0.274 e. The lowest BCUT2D eigenvalue weighted by molar-refractivity contribution is 0.0993. The molecule has 0 radical (unpaired) electrons. The number of fused-ring (bicyclic) bond motifs is 1. The number of aromatic nitrogens is 3. The number of rotatable bonds is 4. The lowest BCUT2D eigenvalue weighted by atomic mass is 10.1. The van der Waals surface area contributed by atoms with Crippen molar-refractivity contribution in [2.75, 3.05) is 5.32 Å². The largest absolute Gasteiger partial charge is 0.364 e. The van der Waals surface area contributed by atoms with Crippen LogP contribution in [0, 0.1) is 5.82 Å². The van der Waals surface area contributed by atoms with Crippen molar-refractivity contribution in [1.29, 1.82) is 0 Å². The lowest BCUT2D eigenvalue weighted by Crippen LogP contribution is -2.17. The van der Waals surface area contributed by atoms with Gasteiger partial charge in [0, 0.05) is 5.69 Å². The van der Waals surface area contributed by atoms with Crippen molar-refractivity contribution in [2.24, 2.45) is 5.73 Å². The summed E-state index contributed by atoms with van der Waals surface area (Å²) < 4.78 is 14.9. The number of primary amides is 1. The highest BCUT2D eigenvalue weighted by Crippen LogP contribution is 2.24. The Balaban J connectivity index is 1.83. The van der Waals surface area contributed by atoms with E-state index in [0.717, 1.165) is 11.6 Å². The number of nitrogens with zero attached hydrogens (tertiary/aromatic N) is 3. The molecular formula is C20H13ClFN5O2. The fourth-order valence-electron chi connectivity index (χ4n) is 2.86. The number of halogens is 2. The van der Waals surface area contributed by atoms with E-state index >= 15 is 0 Å². The summed E-state index contributed by atoms with van der Waals surface area (Å²) in [5, 5.41) is 2.49. The van der Waals surface area contributed by atoms with Crippen LogP contribution in [0.5, 0.6) is 0 Å². The number of carbonyl (C=O) groups excluding carboxylic acids is 2. The van der Waals surface area contributed by atoms with Gasteiger partial charge in [-0.15, -0.1) is 0 Å². The van der Waals surface area contributed by atoms with Crippen molar-refractivity contribution in [3.05, 3.63) is 83.2 Å². The van der Waals surface area contributed by atoms with Crippen LogP contribution in [0.25, 0.3) is 16.9 Å². The number of anilines is 1. The van der Waals surface area contributed by atoms with Crippen molar-refractivity contribution < 1.29 is 14.0 Å². The van der Waals surface area contributed by atoms with E-state index in [4.69, 9.17) is 17.3 Å². The molecule has 4 aromatic rings. The molecule has 0 unspecified atom stereocenters. The van der Waals surface area contributed by atoms with Crippen LogP contribution in [0.1, 0.15) is 21.0 Å². The first kappa shape index (κ1) is 18.6. The highest BCUT2D eigenvalue weighted by Gasteiger charge is 2.19. The maximum absolute atomic E-state index is 13.3. The topological polar surface area (TPSA) is 102 Å². The molecule has 2 aromatic heterocycles. The zero-order valence-electron chi connectivity index (χ0n) is 14.8. The molecule has 2 amide bonds. The number of carbonyl (C=O) groups is 2. The number of imidazole rings is 1. The number of amides is 2. The first-order valence-corrected chi connectivity index (χ1v) is 8.81. The van der Waals surface area contributed by atoms with Gasteiger partial charge in [0.1, 0.15) is 17.8 Å². The van der Waals surface area contributed by atoms with Crippen molar-refractivity contribution >= 4 is 34.7 Å². The molecule has 4 rings (SSSR count). The minimum Gasteiger partial charge on any atom is -0.364 e. The maximum Gasteiger partial charge on any atom is 0.274 e. The monoisotopic (exact) mass is 409 g/mol. The van der Waals surface area contributed by atoms with E-state index in [-0.39, 0.29) is 22.1 Å². The van der Waals surface area contributed by atoms with E-state index in [0.29, 0.717) is 11.4 Å². The third-order valence-corrected chi connectivity index (χ3v) is 4.50. The summed E-state index contributed by atoms with van der Waals surface area (Å²) in [5.41, 5.74) is 7.19. The molecule has 0 atom stereocenters. The van der Waals surface area contributed by atoms with Gasteiger partial charge in [-0.05, 0) is 29.8 Å². The van der Waals surface area contributed by atoms with Gasteiger partial charge in [-0.2, -0.15) is 0 Å². The molecule has 29 heavy (non-hydrogen) atoms. The van der Waals surface area contributed by atoms with Gasteiger partial charge < -0.3 is 11.1 Å². The number of hydrogen-bond donors (Lipinski definition) is 2. The summed E-state index contributed by atoms with van der Waals surface area (Å²) in [6.45, 7) is 0. The van der Waals surface area contributed by atoms with Crippen LogP contribution in [0.2, 0.25) is 5.02 Å². The van der Waals surface area contributed by atoms with Gasteiger partial charge in [0.15, 0.2) is 11.3 Å². The summed E-state index contributed by atoms with van der Waals surface area (Å²) in [5.74, 6) is -1.92. The van der Waals surface area contributed by atoms with Crippen LogP contribution in [-0.2, 0) is 0 Å². The summed E-state index contributed by atoms with van der Waals surface area (Å²) in [6.07, 6.45) is 1.42. The van der Waals surface area contributed by atoms with E-state index in [1.54, 1.807) is 10.5 Å². The van der Waals surface area contributed by atoms with E-state index in [2.05, 4.69) is 15.3 Å². The highest BCUT2D eigenvalue weighted by atomic mass is 35.5. The molecule has 0 aliphatic rings. The zero-order valence-corrected chi connectivity index (χ0v) is 15.5. The fraction of sp³-hybridized carbons (Fsp3) is 0. The van der Waals surface area contributed by atoms with Crippen LogP contribution in [0.4, 0.5) is 10.1 Å². The summed E-state index contributed by atoms with van der Waals surface area (Å²) >= 11 is 5.76. The molecule has 0 fully saturated rings. The SMILES string of the molecule is NC(=O)c1ncn2c(-c3ccccc3)cc(C(=O)Nc3ccc(F)c(Cl)c3)nc12. The first-order chi connectivity index (χ1) is 13.9. The van der Waals surface area contributed by atoms with Gasteiger partial charge in [-0.3, -0.25) is 14.0 Å². The molecule has 2 heterocycles. The van der Waals surface area contributed by atoms with Crippen LogP contribution < -0.4 is 11.1 Å². The Morgan fingerprint density at radius 1 is 1.10 bits per heavy atom. The fourth-order valence-corrected chi connectivity index (χ4v) is 3.04. The third kappa shape index (κ3) is 3.53. The predicted octanol–water partition coefficient (Wildman–Crippen LogP) is 3.54. The van der Waals surface area contributed by atoms with Gasteiger partial charge in [-0.25, -0.2) is 14.4 Å². The Bertz CT molecular complexity index is 1260. The Hall–Kier alpha value is -3.78. The number of benzene rings is 2. The van der Waals surface area contributed by atoms with Crippen molar-refractivity contribution in [3.63, 3.8) is 0 Å². The average Bonchev–Trinajstić information content (AvgIpc) is 3.15. The minimum atomic E-state index is -0.762. The quantitative estimate of drug-likeness (QED) is 0.538. The second kappa shape index (κ2) is 7.33. The van der Waals surface area contributed by atoms with Gasteiger partial charge in [-0.1, -0.05) is 41.9 Å². The summed E-state index contributed by atoms with van der Waals surface area (Å²) in [7, 11) is 0. The second-order valence-corrected chi connectivity index (χ2v) is 6.53. The molecule has 0 spiro atoms. The number of nitrogens with two attached hydrogens (primary N) is 1. The first-order valence-electron chi connectivity index (χ1n) is 8.44. The van der Waals surface area contributed by atoms with E-state index in [9.17, 15) is 14.0 Å². The minimum absolute atomic E-state index is 0.0276. The molecule has 2 aromatic carbocycles. The highest BCUT2D eigenvalue weighted by molar-refractivity contribution is 6.31. The molecule has 0 aliphatic heterocycles. The van der Waals surface area contributed by atoms with Crippen molar-refractivity contribution in [3.8, 4) is 11.3 Å². The van der Waals surface area contributed by atoms with Crippen LogP contribution in [-0.4, -0.2) is 26.2 Å². The Kier molecular flexibility index (Phi) is 4.69. The molecule has 3 N–H and O–H groups in total. The lowest BCUT2D eigenvalue weighted by Gasteiger charge is -2.10. The second-order valence-electron chi connectivity index (χ2n) is 6.13. The molecule has 7 nitrogen and oxygen atoms in total. The van der Waals surface area contributed by atoms with Crippen LogP contribution >= 0.6 is 11.6 Å². The van der Waals surface area contributed by atoms with E-state index in [1.807, 2.05) is 30.3 Å². The Morgan fingerprint density at radius 3 is 2.55 bits per heavy atom. The molecule has 144 valence electrons. The standard InChI is InChI=1S/C20H13ClFN5O2/c21-13-8-12(6-7-14(13)22)25-20(29)15-9-16(11-4-2-1-3-5-11)27-10-24-17(18(23)28)19(27)26-15/h1-10H,(H2,23,28)(H,25,29). The third-order valence-electron chi connectivity index (χ3n) is 4.21. The van der Waals surface area contributed by atoms with Gasteiger partial charge >= 0.3 is 0 Å². The van der Waals surface area contributed by atoms with Crippen molar-refractivity contribution in [1.82, 2.24) is 14.4 Å². The Morgan fingerprint density at radius 2 is 1.86 bits per heavy atom. The molecule has 0 aliphatic carbocycles. The molecule has 0 bridgehead atoms. The molecule has 0 saturated carbocycles. The zero-order chi connectivity index (χ0) is 20.5. The van der Waals surface area contributed by atoms with Gasteiger partial charge in [0.25, 0.3) is 11.8 Å². The Labute approximate surface area is 169 Å². The predicted molar refractivity (Wildman–Crippen MR) is 106 cm³/mol. The van der Waals surface area contributed by atoms with Crippen molar-refractivity contribution in [2.45, 2.75) is 0 Å². The molecule has 0 saturated heterocycles. The number of hydrogen-bond acceptors (Lipinski definition) is 4. The molecular weight excluding hydrogens is 397 g/mol. The maximum atomic E-state index is 13.3. The normalized spacial score (nSPS) is 10.8. The van der Waals surface area contributed by atoms with Crippen LogP contribution in [0.3, 0.4) is 0 Å². The number of nitrogens with one attached hydrogen (secondary N) is 1. The molecule has 9 heteroatoms. The van der Waals surface area contributed by atoms with E-state index in [1.165, 1.54) is 18.5 Å². The average molecular weight is 410 g/mol. The summed E-state index contributed by atoms with van der Waals surface area (Å²) in [4.78, 5) is 32.8.